The first-order chi connectivity index (χ1) is 22.7. The second kappa shape index (κ2) is 13.3. The standard InChI is InChI=1S/2C17H18N6/c2*18-7-5-15(12-3-1-2-4-12)23-10-13(9-22-23)16-14-6-8-19-17(14)21-11-20-16/h2*6,8-12,15H,1-5H2,(H,19,20,21)/t2*15-/m11/s1. The van der Waals surface area contributed by atoms with Crippen molar-refractivity contribution in [3.8, 4) is 34.7 Å². The van der Waals surface area contributed by atoms with Crippen molar-refractivity contribution in [1.82, 2.24) is 49.5 Å². The number of nitrogens with zero attached hydrogens (tertiary/aromatic N) is 10. The molecule has 0 aliphatic heterocycles. The summed E-state index contributed by atoms with van der Waals surface area (Å²) in [4.78, 5) is 23.5. The van der Waals surface area contributed by atoms with Crippen molar-refractivity contribution in [2.45, 2.75) is 76.3 Å². The van der Waals surface area contributed by atoms with Gasteiger partial charge in [-0.2, -0.15) is 20.7 Å². The molecule has 2 aliphatic carbocycles. The molecule has 2 atom stereocenters. The molecule has 12 heteroatoms. The lowest BCUT2D eigenvalue weighted by atomic mass is 9.96. The summed E-state index contributed by atoms with van der Waals surface area (Å²) in [7, 11) is 0. The normalized spacial score (nSPS) is 16.7. The highest BCUT2D eigenvalue weighted by Crippen LogP contribution is 2.38. The SMILES string of the molecule is N#CC[C@H](C1CCCC1)n1cc(-c2ncnc3[nH]ccc23)cn1.N#CC[C@H](C1CCCC1)n1cc(-c2ncnc3[nH]ccc23)cn1. The Hall–Kier alpha value is -5.36. The van der Waals surface area contributed by atoms with Crippen LogP contribution in [0.25, 0.3) is 44.6 Å². The van der Waals surface area contributed by atoms with Gasteiger partial charge in [-0.05, 0) is 49.7 Å². The van der Waals surface area contributed by atoms with Crippen molar-refractivity contribution in [3.63, 3.8) is 0 Å². The lowest BCUT2D eigenvalue weighted by Gasteiger charge is -2.21. The molecule has 0 spiro atoms. The molecule has 6 aromatic heterocycles. The van der Waals surface area contributed by atoms with Crippen LogP contribution in [-0.4, -0.2) is 49.5 Å². The Morgan fingerprint density at radius 3 is 1.52 bits per heavy atom. The Morgan fingerprint density at radius 2 is 1.11 bits per heavy atom. The van der Waals surface area contributed by atoms with Crippen LogP contribution in [0.4, 0.5) is 0 Å². The van der Waals surface area contributed by atoms with E-state index >= 15 is 0 Å². The molecular formula is C34H36N12. The number of hydrogen-bond acceptors (Lipinski definition) is 8. The number of aromatic nitrogens is 10. The zero-order valence-electron chi connectivity index (χ0n) is 25.6. The second-order valence-corrected chi connectivity index (χ2v) is 12.3. The maximum Gasteiger partial charge on any atom is 0.141 e. The monoisotopic (exact) mass is 612 g/mol. The van der Waals surface area contributed by atoms with Gasteiger partial charge in [-0.3, -0.25) is 9.36 Å². The van der Waals surface area contributed by atoms with Crippen LogP contribution in [0, 0.1) is 34.5 Å². The molecule has 46 heavy (non-hydrogen) atoms. The Morgan fingerprint density at radius 1 is 0.674 bits per heavy atom. The average molecular weight is 613 g/mol. The third-order valence-corrected chi connectivity index (χ3v) is 9.63. The Balaban J connectivity index is 0.000000147. The average Bonchev–Trinajstić information content (AvgIpc) is 3.94. The lowest BCUT2D eigenvalue weighted by Crippen LogP contribution is -2.17. The van der Waals surface area contributed by atoms with Gasteiger partial charge in [0, 0.05) is 46.7 Å². The Bertz CT molecular complexity index is 1840. The fraction of sp³-hybridized carbons (Fsp3) is 0.412. The quantitative estimate of drug-likeness (QED) is 0.186. The molecule has 0 radical (unpaired) electrons. The van der Waals surface area contributed by atoms with Crippen LogP contribution in [0.1, 0.15) is 76.3 Å². The largest absolute Gasteiger partial charge is 0.346 e. The van der Waals surface area contributed by atoms with Crippen molar-refractivity contribution in [2.75, 3.05) is 0 Å². The maximum atomic E-state index is 9.18. The molecule has 0 bridgehead atoms. The molecule has 0 saturated heterocycles. The van der Waals surface area contributed by atoms with Crippen LogP contribution in [0.15, 0.2) is 62.0 Å². The summed E-state index contributed by atoms with van der Waals surface area (Å²) < 4.78 is 3.93. The van der Waals surface area contributed by atoms with Gasteiger partial charge >= 0.3 is 0 Å². The van der Waals surface area contributed by atoms with Gasteiger partial charge in [-0.1, -0.05) is 25.7 Å². The predicted molar refractivity (Wildman–Crippen MR) is 173 cm³/mol. The molecule has 6 aromatic rings. The maximum absolute atomic E-state index is 9.18. The first-order valence-electron chi connectivity index (χ1n) is 16.1. The van der Waals surface area contributed by atoms with Gasteiger partial charge in [0.2, 0.25) is 0 Å². The molecule has 12 nitrogen and oxygen atoms in total. The Labute approximate surface area is 266 Å². The Kier molecular flexibility index (Phi) is 8.51. The van der Waals surface area contributed by atoms with Crippen molar-refractivity contribution < 1.29 is 0 Å². The molecule has 2 aliphatic rings. The fourth-order valence-corrected chi connectivity index (χ4v) is 7.31. The molecule has 232 valence electrons. The van der Waals surface area contributed by atoms with Crippen molar-refractivity contribution in [2.24, 2.45) is 11.8 Å². The van der Waals surface area contributed by atoms with Crippen LogP contribution in [0.3, 0.4) is 0 Å². The van der Waals surface area contributed by atoms with Gasteiger partial charge in [0.15, 0.2) is 0 Å². The first-order valence-corrected chi connectivity index (χ1v) is 16.1. The predicted octanol–water partition coefficient (Wildman–Crippen LogP) is 6.93. The molecule has 0 aromatic carbocycles. The van der Waals surface area contributed by atoms with Crippen molar-refractivity contribution in [3.05, 3.63) is 62.0 Å². The third-order valence-electron chi connectivity index (χ3n) is 9.63. The number of rotatable bonds is 8. The fourth-order valence-electron chi connectivity index (χ4n) is 7.31. The van der Waals surface area contributed by atoms with Gasteiger partial charge in [0.05, 0.1) is 60.8 Å². The van der Waals surface area contributed by atoms with Gasteiger partial charge < -0.3 is 9.97 Å². The minimum absolute atomic E-state index is 0.166. The van der Waals surface area contributed by atoms with E-state index in [2.05, 4.69) is 52.2 Å². The van der Waals surface area contributed by atoms with E-state index < -0.39 is 0 Å². The number of H-pyrrole nitrogens is 2. The number of hydrogen-bond donors (Lipinski definition) is 2. The molecule has 2 saturated carbocycles. The molecule has 6 heterocycles. The van der Waals surface area contributed by atoms with E-state index in [9.17, 15) is 10.5 Å². The molecule has 0 unspecified atom stereocenters. The van der Waals surface area contributed by atoms with E-state index in [1.165, 1.54) is 51.4 Å². The van der Waals surface area contributed by atoms with E-state index in [1.54, 1.807) is 12.7 Å². The van der Waals surface area contributed by atoms with Gasteiger partial charge in [-0.15, -0.1) is 0 Å². The van der Waals surface area contributed by atoms with E-state index in [0.29, 0.717) is 24.7 Å². The second-order valence-electron chi connectivity index (χ2n) is 12.3. The van der Waals surface area contributed by atoms with Crippen LogP contribution in [0.5, 0.6) is 0 Å². The summed E-state index contributed by atoms with van der Waals surface area (Å²) in [6, 6.07) is 8.94. The highest BCUT2D eigenvalue weighted by Gasteiger charge is 2.28. The smallest absolute Gasteiger partial charge is 0.141 e. The summed E-state index contributed by atoms with van der Waals surface area (Å²) in [6.45, 7) is 0. The highest BCUT2D eigenvalue weighted by atomic mass is 15.3. The van der Waals surface area contributed by atoms with Crippen LogP contribution in [-0.2, 0) is 0 Å². The number of nitrogens with one attached hydrogen (secondary N) is 2. The topological polar surface area (TPSA) is 166 Å². The molecule has 0 amide bonds. The van der Waals surface area contributed by atoms with E-state index in [-0.39, 0.29) is 12.1 Å². The van der Waals surface area contributed by atoms with E-state index in [0.717, 1.165) is 44.6 Å². The molecular weight excluding hydrogens is 576 g/mol. The van der Waals surface area contributed by atoms with Crippen LogP contribution >= 0.6 is 0 Å². The molecule has 2 fully saturated rings. The minimum Gasteiger partial charge on any atom is -0.346 e. The van der Waals surface area contributed by atoms with Gasteiger partial charge in [-0.25, -0.2) is 19.9 Å². The minimum atomic E-state index is 0.166. The van der Waals surface area contributed by atoms with Crippen molar-refractivity contribution in [1.29, 1.82) is 10.5 Å². The van der Waals surface area contributed by atoms with Gasteiger partial charge in [0.25, 0.3) is 0 Å². The number of aromatic amines is 2. The summed E-state index contributed by atoms with van der Waals surface area (Å²) in [5.74, 6) is 1.11. The first kappa shape index (κ1) is 29.4. The van der Waals surface area contributed by atoms with Crippen LogP contribution in [0.2, 0.25) is 0 Å². The van der Waals surface area contributed by atoms with E-state index in [4.69, 9.17) is 0 Å². The lowest BCUT2D eigenvalue weighted by molar-refractivity contribution is 0.315. The number of fused-ring (bicyclic) bond motifs is 2. The molecule has 2 N–H and O–H groups in total. The zero-order chi connectivity index (χ0) is 31.3. The summed E-state index contributed by atoms with van der Waals surface area (Å²) in [6.07, 6.45) is 25.4. The summed E-state index contributed by atoms with van der Waals surface area (Å²) in [5, 5.41) is 29.4. The van der Waals surface area contributed by atoms with Crippen LogP contribution < -0.4 is 0 Å². The van der Waals surface area contributed by atoms with Crippen molar-refractivity contribution >= 4 is 22.1 Å². The highest BCUT2D eigenvalue weighted by molar-refractivity contribution is 5.90. The van der Waals surface area contributed by atoms with E-state index in [1.807, 2.05) is 58.7 Å². The summed E-state index contributed by atoms with van der Waals surface area (Å²) in [5.41, 5.74) is 5.35. The number of nitriles is 2. The third kappa shape index (κ3) is 5.86. The zero-order valence-corrected chi connectivity index (χ0v) is 25.6. The molecule has 8 rings (SSSR count). The van der Waals surface area contributed by atoms with Gasteiger partial charge in [0.1, 0.15) is 23.9 Å². The summed E-state index contributed by atoms with van der Waals surface area (Å²) >= 11 is 0.